The van der Waals surface area contributed by atoms with E-state index in [1.165, 1.54) is 41.6 Å². The van der Waals surface area contributed by atoms with Crippen LogP contribution in [0.5, 0.6) is 5.75 Å². The zero-order chi connectivity index (χ0) is 43.8. The lowest BCUT2D eigenvalue weighted by Crippen LogP contribution is -2.52. The molecule has 1 unspecified atom stereocenters. The Balaban J connectivity index is 0.815. The van der Waals surface area contributed by atoms with Gasteiger partial charge in [0.25, 0.3) is 5.91 Å². The van der Waals surface area contributed by atoms with Gasteiger partial charge in [0.2, 0.25) is 23.6 Å². The Hall–Kier alpha value is -6.24. The van der Waals surface area contributed by atoms with Crippen LogP contribution in [0.25, 0.3) is 22.0 Å². The van der Waals surface area contributed by atoms with Gasteiger partial charge < -0.3 is 39.5 Å². The number of piperazine rings is 1. The molecule has 16 nitrogen and oxygen atoms in total. The van der Waals surface area contributed by atoms with Crippen molar-refractivity contribution >= 4 is 63.5 Å². The lowest BCUT2D eigenvalue weighted by atomic mass is 10.0. The maximum Gasteiger partial charge on any atom is 0.255 e. The summed E-state index contributed by atoms with van der Waals surface area (Å²) in [7, 11) is 0. The molecule has 326 valence electrons. The van der Waals surface area contributed by atoms with Crippen molar-refractivity contribution in [1.82, 2.24) is 30.4 Å². The molecule has 3 aliphatic rings. The maximum absolute atomic E-state index is 16.3. The third kappa shape index (κ3) is 9.77. The molecular formula is C43H45ClF2N8O8. The molecule has 3 aromatic carbocycles. The lowest BCUT2D eigenvalue weighted by molar-refractivity contribution is -0.137. The number of carbonyl (C=O) groups excluding carboxylic acids is 5. The molecule has 0 bridgehead atoms. The van der Waals surface area contributed by atoms with Crippen molar-refractivity contribution in [1.29, 1.82) is 0 Å². The Bertz CT molecular complexity index is 2380. The molecule has 3 aliphatic heterocycles. The summed E-state index contributed by atoms with van der Waals surface area (Å²) in [6.07, 6.45) is 3.08. The largest absolute Gasteiger partial charge is 0.490 e. The summed E-state index contributed by atoms with van der Waals surface area (Å²) in [5.41, 5.74) is 1.57. The van der Waals surface area contributed by atoms with Gasteiger partial charge >= 0.3 is 0 Å². The topological polar surface area (TPSA) is 185 Å². The highest BCUT2D eigenvalue weighted by atomic mass is 35.5. The van der Waals surface area contributed by atoms with Crippen molar-refractivity contribution in [2.75, 3.05) is 82.5 Å². The summed E-state index contributed by atoms with van der Waals surface area (Å²) < 4.78 is 48.6. The van der Waals surface area contributed by atoms with Crippen molar-refractivity contribution in [2.45, 2.75) is 31.8 Å². The van der Waals surface area contributed by atoms with Crippen LogP contribution in [0.4, 0.5) is 20.3 Å². The van der Waals surface area contributed by atoms with Crippen molar-refractivity contribution < 1.29 is 47.0 Å². The number of aromatic nitrogens is 2. The van der Waals surface area contributed by atoms with Crippen LogP contribution in [0.15, 0.2) is 61.4 Å². The Morgan fingerprint density at radius 3 is 2.48 bits per heavy atom. The van der Waals surface area contributed by atoms with Gasteiger partial charge in [0.05, 0.1) is 37.0 Å². The van der Waals surface area contributed by atoms with Gasteiger partial charge in [0, 0.05) is 86.4 Å². The smallest absolute Gasteiger partial charge is 0.255 e. The first-order valence-corrected chi connectivity index (χ1v) is 20.6. The molecule has 7 rings (SSSR count). The highest BCUT2D eigenvalue weighted by Gasteiger charge is 2.40. The number of benzene rings is 3. The van der Waals surface area contributed by atoms with E-state index < -0.39 is 23.6 Å². The van der Waals surface area contributed by atoms with Crippen LogP contribution in [0.2, 0.25) is 5.02 Å². The van der Waals surface area contributed by atoms with Crippen LogP contribution in [0.3, 0.4) is 0 Å². The highest BCUT2D eigenvalue weighted by Crippen LogP contribution is 2.42. The summed E-state index contributed by atoms with van der Waals surface area (Å²) in [5, 5.41) is 8.66. The van der Waals surface area contributed by atoms with Gasteiger partial charge in [-0.25, -0.2) is 18.7 Å². The zero-order valence-electron chi connectivity index (χ0n) is 33.7. The summed E-state index contributed by atoms with van der Waals surface area (Å²) in [6, 6.07) is 10.2. The van der Waals surface area contributed by atoms with Crippen LogP contribution < -0.4 is 25.6 Å². The lowest BCUT2D eigenvalue weighted by Gasteiger charge is -2.35. The van der Waals surface area contributed by atoms with E-state index in [-0.39, 0.29) is 110 Å². The van der Waals surface area contributed by atoms with E-state index in [0.29, 0.717) is 56.0 Å². The average molecular weight is 875 g/mol. The van der Waals surface area contributed by atoms with Crippen LogP contribution >= 0.6 is 11.6 Å². The van der Waals surface area contributed by atoms with Gasteiger partial charge in [-0.3, -0.25) is 29.3 Å². The predicted octanol–water partition coefficient (Wildman–Crippen LogP) is 3.85. The van der Waals surface area contributed by atoms with Crippen molar-refractivity contribution in [3.05, 3.63) is 89.2 Å². The maximum atomic E-state index is 16.3. The molecule has 2 fully saturated rings. The molecule has 1 atom stereocenters. The quantitative estimate of drug-likeness (QED) is 0.0747. The van der Waals surface area contributed by atoms with Gasteiger partial charge in [0.1, 0.15) is 41.9 Å². The molecular weight excluding hydrogens is 830 g/mol. The van der Waals surface area contributed by atoms with Crippen LogP contribution in [-0.4, -0.2) is 128 Å². The zero-order valence-corrected chi connectivity index (χ0v) is 34.5. The minimum atomic E-state index is -0.833. The fourth-order valence-electron chi connectivity index (χ4n) is 7.67. The molecule has 5 amide bonds. The standard InChI is InChI=1S/C43H45ClF2N8O8/c1-2-36(57)52-14-16-53(17-15-52)41-27-23-29(44)37(39(46)40(27)49-25-50-41)38-30(45)6-4-8-33(38)62-22-21-61-20-19-60-18-11-34(55)48-13-12-47-31-7-3-5-26-28(31)24-54(43(26)59)32-9-10-35(56)51-42(32)58/h2-8,23,25,32,47H,1,9-22,24H2,(H,48,55)(H,51,56,58). The second-order valence-corrected chi connectivity index (χ2v) is 15.0. The number of halogens is 3. The van der Waals surface area contributed by atoms with E-state index in [2.05, 4.69) is 32.5 Å². The summed E-state index contributed by atoms with van der Waals surface area (Å²) in [5.74, 6) is -2.53. The average Bonchev–Trinajstić information content (AvgIpc) is 3.60. The summed E-state index contributed by atoms with van der Waals surface area (Å²) >= 11 is 6.66. The van der Waals surface area contributed by atoms with Crippen molar-refractivity contribution in [2.24, 2.45) is 0 Å². The summed E-state index contributed by atoms with van der Waals surface area (Å²) in [4.78, 5) is 75.0. The van der Waals surface area contributed by atoms with Crippen molar-refractivity contribution in [3.8, 4) is 16.9 Å². The van der Waals surface area contributed by atoms with E-state index in [1.807, 2.05) is 11.0 Å². The number of ether oxygens (including phenoxy) is 3. The molecule has 62 heavy (non-hydrogen) atoms. The Kier molecular flexibility index (Phi) is 14.2. The Labute approximate surface area is 360 Å². The number of rotatable bonds is 18. The van der Waals surface area contributed by atoms with E-state index >= 15 is 8.78 Å². The molecule has 4 heterocycles. The van der Waals surface area contributed by atoms with Crippen molar-refractivity contribution in [3.63, 3.8) is 0 Å². The first-order valence-electron chi connectivity index (χ1n) is 20.2. The monoisotopic (exact) mass is 874 g/mol. The minimum absolute atomic E-state index is 0.00650. The number of fused-ring (bicyclic) bond motifs is 2. The van der Waals surface area contributed by atoms with E-state index in [9.17, 15) is 24.0 Å². The second kappa shape index (κ2) is 20.1. The van der Waals surface area contributed by atoms with E-state index in [0.717, 1.165) is 11.3 Å². The number of hydrogen-bond donors (Lipinski definition) is 3. The highest BCUT2D eigenvalue weighted by molar-refractivity contribution is 6.34. The molecule has 1 aromatic heterocycles. The van der Waals surface area contributed by atoms with Gasteiger partial charge in [-0.05, 0) is 42.8 Å². The molecule has 0 spiro atoms. The number of nitrogens with zero attached hydrogens (tertiary/aromatic N) is 5. The number of anilines is 2. The van der Waals surface area contributed by atoms with Gasteiger partial charge in [-0.15, -0.1) is 0 Å². The van der Waals surface area contributed by atoms with Crippen LogP contribution in [0.1, 0.15) is 35.2 Å². The first kappa shape index (κ1) is 43.8. The number of piperidine rings is 1. The number of hydrogen-bond acceptors (Lipinski definition) is 12. The predicted molar refractivity (Wildman–Crippen MR) is 225 cm³/mol. The molecule has 3 N–H and O–H groups in total. The molecule has 4 aromatic rings. The molecule has 0 saturated carbocycles. The normalized spacial score (nSPS) is 16.3. The third-order valence-electron chi connectivity index (χ3n) is 10.8. The molecule has 2 saturated heterocycles. The van der Waals surface area contributed by atoms with E-state index in [4.69, 9.17) is 25.8 Å². The van der Waals surface area contributed by atoms with Gasteiger partial charge in [-0.1, -0.05) is 30.3 Å². The fourth-order valence-corrected chi connectivity index (χ4v) is 7.96. The van der Waals surface area contributed by atoms with Crippen LogP contribution in [-0.2, 0) is 35.2 Å². The second-order valence-electron chi connectivity index (χ2n) is 14.6. The minimum Gasteiger partial charge on any atom is -0.490 e. The number of amides is 5. The van der Waals surface area contributed by atoms with E-state index in [1.54, 1.807) is 17.0 Å². The van der Waals surface area contributed by atoms with Gasteiger partial charge in [0.15, 0.2) is 5.82 Å². The third-order valence-corrected chi connectivity index (χ3v) is 11.1. The Morgan fingerprint density at radius 2 is 1.71 bits per heavy atom. The number of nitrogens with one attached hydrogen (secondary N) is 3. The first-order chi connectivity index (χ1) is 30.0. The SMILES string of the molecule is C=CC(=O)N1CCN(c2ncnc3c(F)c(-c4c(F)cccc4OCCOCCOCCC(=O)NCCNc4cccc5c4CN(C4CCC(=O)NC4=O)C5=O)c(Cl)cc23)CC1. The number of carbonyl (C=O) groups is 5. The molecule has 19 heteroatoms. The van der Waals surface area contributed by atoms with Crippen LogP contribution in [0, 0.1) is 11.6 Å². The van der Waals surface area contributed by atoms with Gasteiger partial charge in [-0.2, -0.15) is 0 Å². The molecule has 0 radical (unpaired) electrons. The molecule has 0 aliphatic carbocycles. The number of imide groups is 1. The summed E-state index contributed by atoms with van der Waals surface area (Å²) in [6.45, 7) is 6.92. The Morgan fingerprint density at radius 1 is 0.952 bits per heavy atom. The fraction of sp³-hybridized carbons (Fsp3) is 0.372.